The molecule has 2 aromatic carbocycles. The third-order valence-corrected chi connectivity index (χ3v) is 4.39. The zero-order valence-corrected chi connectivity index (χ0v) is 13.1. The smallest absolute Gasteiger partial charge is 0.119 e. The van der Waals surface area contributed by atoms with Crippen LogP contribution >= 0.6 is 15.9 Å². The summed E-state index contributed by atoms with van der Waals surface area (Å²) in [6.45, 7) is 0. The van der Waals surface area contributed by atoms with Gasteiger partial charge >= 0.3 is 0 Å². The van der Waals surface area contributed by atoms with E-state index in [0.29, 0.717) is 12.0 Å². The lowest BCUT2D eigenvalue weighted by Crippen LogP contribution is -2.33. The minimum Gasteiger partial charge on any atom is -0.497 e. The summed E-state index contributed by atoms with van der Waals surface area (Å²) in [6, 6.07) is 17.3. The molecule has 0 amide bonds. The van der Waals surface area contributed by atoms with E-state index in [1.807, 2.05) is 12.1 Å². The first-order chi connectivity index (χ1) is 9.74. The normalized spacial score (nSPS) is 21.1. The summed E-state index contributed by atoms with van der Waals surface area (Å²) >= 11 is 3.50. The number of hydrogen-bond acceptors (Lipinski definition) is 2. The lowest BCUT2D eigenvalue weighted by Gasteiger charge is -2.37. The van der Waals surface area contributed by atoms with Crippen LogP contribution in [0.4, 0.5) is 5.69 Å². The molecule has 1 N–H and O–H groups in total. The fraction of sp³-hybridized carbons (Fsp3) is 0.294. The van der Waals surface area contributed by atoms with Crippen molar-refractivity contribution in [1.82, 2.24) is 0 Å². The topological polar surface area (TPSA) is 21.3 Å². The van der Waals surface area contributed by atoms with Crippen LogP contribution in [0.2, 0.25) is 0 Å². The Balaban J connectivity index is 1.58. The molecule has 0 radical (unpaired) electrons. The van der Waals surface area contributed by atoms with Crippen molar-refractivity contribution < 1.29 is 4.74 Å². The van der Waals surface area contributed by atoms with Gasteiger partial charge in [0, 0.05) is 16.2 Å². The molecule has 2 nitrogen and oxygen atoms in total. The highest BCUT2D eigenvalue weighted by Crippen LogP contribution is 2.39. The van der Waals surface area contributed by atoms with Crippen LogP contribution in [0.15, 0.2) is 53.0 Å². The third-order valence-electron chi connectivity index (χ3n) is 3.90. The Kier molecular flexibility index (Phi) is 3.97. The molecule has 0 bridgehead atoms. The Hall–Kier alpha value is -1.48. The van der Waals surface area contributed by atoms with Gasteiger partial charge in [0.15, 0.2) is 0 Å². The number of ether oxygens (including phenoxy) is 1. The predicted molar refractivity (Wildman–Crippen MR) is 86.5 cm³/mol. The monoisotopic (exact) mass is 331 g/mol. The quantitative estimate of drug-likeness (QED) is 0.867. The van der Waals surface area contributed by atoms with Gasteiger partial charge in [-0.15, -0.1) is 0 Å². The number of nitrogens with one attached hydrogen (secondary N) is 1. The van der Waals surface area contributed by atoms with Crippen molar-refractivity contribution in [3.05, 3.63) is 58.6 Å². The maximum absolute atomic E-state index is 5.29. The Morgan fingerprint density at radius 3 is 2.65 bits per heavy atom. The van der Waals surface area contributed by atoms with Gasteiger partial charge in [0.1, 0.15) is 5.75 Å². The van der Waals surface area contributed by atoms with Crippen molar-refractivity contribution in [2.24, 2.45) is 0 Å². The number of hydrogen-bond donors (Lipinski definition) is 1. The Labute approximate surface area is 128 Å². The molecule has 0 saturated heterocycles. The summed E-state index contributed by atoms with van der Waals surface area (Å²) in [7, 11) is 1.72. The van der Waals surface area contributed by atoms with E-state index in [-0.39, 0.29) is 0 Å². The second-order valence-corrected chi connectivity index (χ2v) is 6.21. The van der Waals surface area contributed by atoms with E-state index >= 15 is 0 Å². The van der Waals surface area contributed by atoms with Gasteiger partial charge in [-0.3, -0.25) is 0 Å². The second-order valence-electron chi connectivity index (χ2n) is 5.30. The summed E-state index contributed by atoms with van der Waals surface area (Å²) in [4.78, 5) is 0. The summed E-state index contributed by atoms with van der Waals surface area (Å²) in [5.74, 6) is 1.60. The van der Waals surface area contributed by atoms with E-state index in [9.17, 15) is 0 Å². The molecule has 1 fully saturated rings. The average molecular weight is 332 g/mol. The highest BCUT2D eigenvalue weighted by atomic mass is 79.9. The van der Waals surface area contributed by atoms with E-state index < -0.39 is 0 Å². The fourth-order valence-electron chi connectivity index (χ4n) is 2.72. The maximum atomic E-state index is 5.29. The van der Waals surface area contributed by atoms with Crippen LogP contribution in [-0.2, 0) is 0 Å². The van der Waals surface area contributed by atoms with Crippen LogP contribution in [0.25, 0.3) is 0 Å². The van der Waals surface area contributed by atoms with Crippen molar-refractivity contribution in [1.29, 1.82) is 0 Å². The zero-order chi connectivity index (χ0) is 13.9. The summed E-state index contributed by atoms with van der Waals surface area (Å²) in [6.07, 6.45) is 2.36. The summed E-state index contributed by atoms with van der Waals surface area (Å²) in [5.41, 5.74) is 2.57. The minimum absolute atomic E-state index is 0.570. The first-order valence-corrected chi connectivity index (χ1v) is 7.70. The lowest BCUT2D eigenvalue weighted by molar-refractivity contribution is 0.370. The van der Waals surface area contributed by atoms with Crippen LogP contribution in [-0.4, -0.2) is 13.2 Å². The molecule has 0 unspecified atom stereocenters. The van der Waals surface area contributed by atoms with Crippen LogP contribution in [0.1, 0.15) is 24.3 Å². The fourth-order valence-corrected chi connectivity index (χ4v) is 3.12. The first kappa shape index (κ1) is 13.5. The number of anilines is 1. The molecular weight excluding hydrogens is 314 g/mol. The molecule has 1 aliphatic carbocycles. The Bertz CT molecular complexity index is 593. The summed E-state index contributed by atoms with van der Waals surface area (Å²) in [5, 5.41) is 3.59. The highest BCUT2D eigenvalue weighted by molar-refractivity contribution is 9.10. The predicted octanol–water partition coefficient (Wildman–Crippen LogP) is 4.82. The molecule has 0 atom stereocenters. The molecule has 104 valence electrons. The Morgan fingerprint density at radius 2 is 1.90 bits per heavy atom. The average Bonchev–Trinajstić information content (AvgIpc) is 2.42. The molecule has 3 heteroatoms. The van der Waals surface area contributed by atoms with E-state index in [1.54, 1.807) is 7.11 Å². The van der Waals surface area contributed by atoms with Gasteiger partial charge in [-0.1, -0.05) is 34.1 Å². The number of halogens is 1. The van der Waals surface area contributed by atoms with Gasteiger partial charge in [0.25, 0.3) is 0 Å². The van der Waals surface area contributed by atoms with Gasteiger partial charge < -0.3 is 10.1 Å². The van der Waals surface area contributed by atoms with Gasteiger partial charge in [-0.05, 0) is 54.7 Å². The molecule has 2 aromatic rings. The van der Waals surface area contributed by atoms with Crippen molar-refractivity contribution in [2.45, 2.75) is 24.8 Å². The highest BCUT2D eigenvalue weighted by Gasteiger charge is 2.30. The third kappa shape index (κ3) is 2.98. The largest absolute Gasteiger partial charge is 0.497 e. The maximum Gasteiger partial charge on any atom is 0.119 e. The van der Waals surface area contributed by atoms with Crippen molar-refractivity contribution in [3.8, 4) is 5.75 Å². The van der Waals surface area contributed by atoms with Crippen LogP contribution in [0, 0.1) is 0 Å². The molecule has 1 saturated carbocycles. The van der Waals surface area contributed by atoms with Crippen molar-refractivity contribution in [3.63, 3.8) is 0 Å². The van der Waals surface area contributed by atoms with E-state index in [1.165, 1.54) is 24.1 Å². The standard InChI is InChI=1S/C17H18BrNO/c1-20-17-7-2-4-12(10-17)13-8-16(9-13)19-15-6-3-5-14(18)11-15/h2-7,10-11,13,16,19H,8-9H2,1H3. The van der Waals surface area contributed by atoms with Crippen LogP contribution in [0.5, 0.6) is 5.75 Å². The van der Waals surface area contributed by atoms with Crippen LogP contribution < -0.4 is 10.1 Å². The second kappa shape index (κ2) is 5.88. The SMILES string of the molecule is COc1cccc(C2CC(Nc3cccc(Br)c3)C2)c1. The van der Waals surface area contributed by atoms with E-state index in [4.69, 9.17) is 4.74 Å². The van der Waals surface area contributed by atoms with Gasteiger partial charge in [-0.2, -0.15) is 0 Å². The molecule has 20 heavy (non-hydrogen) atoms. The van der Waals surface area contributed by atoms with Gasteiger partial charge in [0.05, 0.1) is 7.11 Å². The van der Waals surface area contributed by atoms with Crippen molar-refractivity contribution >= 4 is 21.6 Å². The molecular formula is C17H18BrNO. The molecule has 0 heterocycles. The van der Waals surface area contributed by atoms with Crippen molar-refractivity contribution in [2.75, 3.05) is 12.4 Å². The number of methoxy groups -OCH3 is 1. The first-order valence-electron chi connectivity index (χ1n) is 6.90. The zero-order valence-electron chi connectivity index (χ0n) is 11.5. The lowest BCUT2D eigenvalue weighted by atomic mass is 9.76. The molecule has 3 rings (SSSR count). The molecule has 0 aromatic heterocycles. The van der Waals surface area contributed by atoms with E-state index in [0.717, 1.165) is 10.2 Å². The van der Waals surface area contributed by atoms with Gasteiger partial charge in [-0.25, -0.2) is 0 Å². The number of benzene rings is 2. The molecule has 1 aliphatic rings. The minimum atomic E-state index is 0.570. The van der Waals surface area contributed by atoms with E-state index in [2.05, 4.69) is 57.6 Å². The Morgan fingerprint density at radius 1 is 1.10 bits per heavy atom. The van der Waals surface area contributed by atoms with Crippen LogP contribution in [0.3, 0.4) is 0 Å². The molecule has 0 spiro atoms. The number of rotatable bonds is 4. The summed E-state index contributed by atoms with van der Waals surface area (Å²) < 4.78 is 6.41. The molecule has 0 aliphatic heterocycles. The van der Waals surface area contributed by atoms with Gasteiger partial charge in [0.2, 0.25) is 0 Å².